The van der Waals surface area contributed by atoms with Gasteiger partial charge in [-0.2, -0.15) is 0 Å². The molecular formula is C11H22N2O3S. The maximum absolute atomic E-state index is 12.0. The van der Waals surface area contributed by atoms with Gasteiger partial charge in [-0.05, 0) is 13.3 Å². The summed E-state index contributed by atoms with van der Waals surface area (Å²) in [5, 5.41) is 2.94. The Morgan fingerprint density at radius 3 is 2.82 bits per heavy atom. The second-order valence-electron chi connectivity index (χ2n) is 4.89. The van der Waals surface area contributed by atoms with Crippen LogP contribution in [0.2, 0.25) is 0 Å². The van der Waals surface area contributed by atoms with Crippen LogP contribution in [0.25, 0.3) is 0 Å². The summed E-state index contributed by atoms with van der Waals surface area (Å²) < 4.78 is 16.4. The van der Waals surface area contributed by atoms with E-state index in [4.69, 9.17) is 10.5 Å². The molecule has 0 aromatic heterocycles. The van der Waals surface area contributed by atoms with Gasteiger partial charge >= 0.3 is 0 Å². The van der Waals surface area contributed by atoms with Gasteiger partial charge in [0.05, 0.1) is 18.6 Å². The molecule has 0 aliphatic carbocycles. The predicted octanol–water partition coefficient (Wildman–Crippen LogP) is -0.376. The Bertz CT molecular complexity index is 311. The SMILES string of the molecule is CC(CCNC(=O)C1(C)COCC1N)S(C)=O. The number of carbonyl (C=O) groups is 1. The van der Waals surface area contributed by atoms with Gasteiger partial charge in [0.2, 0.25) is 5.91 Å². The summed E-state index contributed by atoms with van der Waals surface area (Å²) in [7, 11) is -0.845. The van der Waals surface area contributed by atoms with Crippen LogP contribution in [0.3, 0.4) is 0 Å². The maximum Gasteiger partial charge on any atom is 0.229 e. The number of rotatable bonds is 5. The number of hydrogen-bond acceptors (Lipinski definition) is 4. The summed E-state index contributed by atoms with van der Waals surface area (Å²) in [4.78, 5) is 12.0. The predicted molar refractivity (Wildman–Crippen MR) is 68.1 cm³/mol. The summed E-state index contributed by atoms with van der Waals surface area (Å²) in [6.07, 6.45) is 2.38. The Balaban J connectivity index is 2.37. The first kappa shape index (κ1) is 14.6. The number of hydrogen-bond donors (Lipinski definition) is 2. The van der Waals surface area contributed by atoms with Gasteiger partial charge in [-0.3, -0.25) is 9.00 Å². The van der Waals surface area contributed by atoms with E-state index in [1.807, 2.05) is 13.8 Å². The quantitative estimate of drug-likeness (QED) is 0.708. The lowest BCUT2D eigenvalue weighted by molar-refractivity contribution is -0.130. The molecule has 3 N–H and O–H groups in total. The minimum absolute atomic E-state index is 0.0726. The third-order valence-electron chi connectivity index (χ3n) is 3.44. The van der Waals surface area contributed by atoms with E-state index in [-0.39, 0.29) is 17.2 Å². The molecule has 6 heteroatoms. The Morgan fingerprint density at radius 2 is 2.35 bits per heavy atom. The highest BCUT2D eigenvalue weighted by Gasteiger charge is 2.44. The standard InChI is InChI=1S/C11H22N2O3S/c1-8(17(3)15)4-5-13-10(14)11(2)7-16-6-9(11)12/h8-9H,4-7,12H2,1-3H3,(H,13,14). The topological polar surface area (TPSA) is 81.4 Å². The lowest BCUT2D eigenvalue weighted by Crippen LogP contribution is -2.50. The summed E-state index contributed by atoms with van der Waals surface area (Å²) in [6.45, 7) is 5.06. The van der Waals surface area contributed by atoms with E-state index >= 15 is 0 Å². The van der Waals surface area contributed by atoms with Crippen LogP contribution in [0.5, 0.6) is 0 Å². The van der Waals surface area contributed by atoms with Crippen molar-refractivity contribution in [2.45, 2.75) is 31.6 Å². The molecule has 1 aliphatic heterocycles. The van der Waals surface area contributed by atoms with Crippen molar-refractivity contribution in [3.63, 3.8) is 0 Å². The molecule has 1 aliphatic rings. The van der Waals surface area contributed by atoms with Gasteiger partial charge < -0.3 is 15.8 Å². The zero-order valence-electron chi connectivity index (χ0n) is 10.7. The van der Waals surface area contributed by atoms with Crippen molar-refractivity contribution in [1.82, 2.24) is 5.32 Å². The molecule has 1 saturated heterocycles. The fourth-order valence-corrected chi connectivity index (χ4v) is 2.13. The van der Waals surface area contributed by atoms with Gasteiger partial charge in [-0.25, -0.2) is 0 Å². The van der Waals surface area contributed by atoms with Crippen molar-refractivity contribution in [2.75, 3.05) is 26.0 Å². The lowest BCUT2D eigenvalue weighted by Gasteiger charge is -2.25. The molecule has 0 saturated carbocycles. The third-order valence-corrected chi connectivity index (χ3v) is 4.81. The molecule has 17 heavy (non-hydrogen) atoms. The van der Waals surface area contributed by atoms with Crippen molar-refractivity contribution in [1.29, 1.82) is 0 Å². The zero-order chi connectivity index (χ0) is 13.1. The van der Waals surface area contributed by atoms with E-state index in [2.05, 4.69) is 5.32 Å². The minimum Gasteiger partial charge on any atom is -0.379 e. The van der Waals surface area contributed by atoms with Crippen LogP contribution in [0.4, 0.5) is 0 Å². The average Bonchev–Trinajstić information content (AvgIpc) is 2.60. The molecule has 100 valence electrons. The van der Waals surface area contributed by atoms with Crippen LogP contribution in [-0.4, -0.2) is 47.4 Å². The third kappa shape index (κ3) is 3.50. The molecule has 0 spiro atoms. The first-order valence-corrected chi connectivity index (χ1v) is 7.44. The van der Waals surface area contributed by atoms with Gasteiger partial charge in [-0.1, -0.05) is 6.92 Å². The van der Waals surface area contributed by atoms with Gasteiger partial charge in [0, 0.05) is 34.9 Å². The molecule has 4 atom stereocenters. The molecule has 1 amide bonds. The van der Waals surface area contributed by atoms with Crippen LogP contribution in [0.1, 0.15) is 20.3 Å². The smallest absolute Gasteiger partial charge is 0.229 e. The van der Waals surface area contributed by atoms with Crippen LogP contribution in [-0.2, 0) is 20.3 Å². The van der Waals surface area contributed by atoms with Gasteiger partial charge in [-0.15, -0.1) is 0 Å². The van der Waals surface area contributed by atoms with E-state index in [0.717, 1.165) is 0 Å². The normalized spacial score (nSPS) is 32.1. The molecule has 0 aromatic rings. The molecule has 5 nitrogen and oxygen atoms in total. The molecule has 0 bridgehead atoms. The highest BCUT2D eigenvalue weighted by Crippen LogP contribution is 2.26. The average molecular weight is 262 g/mol. The summed E-state index contributed by atoms with van der Waals surface area (Å²) >= 11 is 0. The summed E-state index contributed by atoms with van der Waals surface area (Å²) in [6, 6.07) is -0.250. The van der Waals surface area contributed by atoms with E-state index in [1.165, 1.54) is 0 Å². The Morgan fingerprint density at radius 1 is 1.71 bits per heavy atom. The molecule has 1 rings (SSSR count). The van der Waals surface area contributed by atoms with Crippen molar-refractivity contribution in [2.24, 2.45) is 11.1 Å². The zero-order valence-corrected chi connectivity index (χ0v) is 11.5. The summed E-state index contributed by atoms with van der Waals surface area (Å²) in [5.74, 6) is -0.0726. The molecule has 0 aromatic carbocycles. The van der Waals surface area contributed by atoms with E-state index < -0.39 is 16.2 Å². The summed E-state index contributed by atoms with van der Waals surface area (Å²) in [5.41, 5.74) is 5.23. The van der Waals surface area contributed by atoms with E-state index in [9.17, 15) is 9.00 Å². The number of ether oxygens (including phenoxy) is 1. The first-order chi connectivity index (χ1) is 7.88. The van der Waals surface area contributed by atoms with Crippen LogP contribution in [0, 0.1) is 5.41 Å². The number of nitrogens with one attached hydrogen (secondary N) is 1. The van der Waals surface area contributed by atoms with Crippen molar-refractivity contribution in [3.05, 3.63) is 0 Å². The van der Waals surface area contributed by atoms with Gasteiger partial charge in [0.25, 0.3) is 0 Å². The maximum atomic E-state index is 12.0. The monoisotopic (exact) mass is 262 g/mol. The Kier molecular flexibility index (Phi) is 5.09. The number of carbonyl (C=O) groups excluding carboxylic acids is 1. The second-order valence-corrected chi connectivity index (χ2v) is 6.69. The van der Waals surface area contributed by atoms with Gasteiger partial charge in [0.15, 0.2) is 0 Å². The number of amides is 1. The van der Waals surface area contributed by atoms with Crippen molar-refractivity contribution in [3.8, 4) is 0 Å². The highest BCUT2D eigenvalue weighted by molar-refractivity contribution is 7.84. The molecule has 1 heterocycles. The van der Waals surface area contributed by atoms with Crippen molar-refractivity contribution < 1.29 is 13.7 Å². The second kappa shape index (κ2) is 5.93. The van der Waals surface area contributed by atoms with E-state index in [0.29, 0.717) is 26.2 Å². The van der Waals surface area contributed by atoms with Gasteiger partial charge in [0.1, 0.15) is 0 Å². The largest absolute Gasteiger partial charge is 0.379 e. The molecule has 4 unspecified atom stereocenters. The molecular weight excluding hydrogens is 240 g/mol. The van der Waals surface area contributed by atoms with E-state index in [1.54, 1.807) is 6.26 Å². The highest BCUT2D eigenvalue weighted by atomic mass is 32.2. The lowest BCUT2D eigenvalue weighted by atomic mass is 9.85. The van der Waals surface area contributed by atoms with Crippen LogP contribution < -0.4 is 11.1 Å². The van der Waals surface area contributed by atoms with Crippen LogP contribution in [0.15, 0.2) is 0 Å². The minimum atomic E-state index is -0.845. The molecule has 1 fully saturated rings. The fraction of sp³-hybridized carbons (Fsp3) is 0.909. The Hall–Kier alpha value is -0.460. The molecule has 0 radical (unpaired) electrons. The van der Waals surface area contributed by atoms with Crippen molar-refractivity contribution >= 4 is 16.7 Å². The fourth-order valence-electron chi connectivity index (χ4n) is 1.68. The first-order valence-electron chi connectivity index (χ1n) is 5.82. The number of nitrogens with two attached hydrogens (primary N) is 1. The Labute approximate surface area is 105 Å². The van der Waals surface area contributed by atoms with Crippen LogP contribution >= 0.6 is 0 Å².